The Balaban J connectivity index is 1.77. The van der Waals surface area contributed by atoms with Gasteiger partial charge in [0.2, 0.25) is 0 Å². The topological polar surface area (TPSA) is 85.7 Å². The van der Waals surface area contributed by atoms with Crippen LogP contribution in [-0.4, -0.2) is 11.1 Å². The Morgan fingerprint density at radius 1 is 1.12 bits per heavy atom. The van der Waals surface area contributed by atoms with Crippen LogP contribution in [-0.2, 0) is 24.4 Å². The van der Waals surface area contributed by atoms with Gasteiger partial charge in [-0.25, -0.2) is 8.78 Å². The number of aryl methyl sites for hydroxylation is 1. The van der Waals surface area contributed by atoms with Crippen LogP contribution in [0.4, 0.5) is 8.78 Å². The first kappa shape index (κ1) is 21.5. The molecule has 3 N–H and O–H groups in total. The van der Waals surface area contributed by atoms with E-state index in [0.717, 1.165) is 23.3 Å². The van der Waals surface area contributed by atoms with E-state index in [1.54, 1.807) is 13.0 Å². The zero-order chi connectivity index (χ0) is 22.8. The maximum atomic E-state index is 15.4. The molecule has 0 saturated heterocycles. The second-order valence-electron chi connectivity index (χ2n) is 7.54. The third kappa shape index (κ3) is 4.20. The lowest BCUT2D eigenvalue weighted by molar-refractivity contribution is -0.136. The summed E-state index contributed by atoms with van der Waals surface area (Å²) in [7, 11) is 0. The smallest absolute Gasteiger partial charge is 0.307 e. The van der Waals surface area contributed by atoms with Gasteiger partial charge in [0, 0.05) is 29.3 Å². The zero-order valence-corrected chi connectivity index (χ0v) is 17.3. The maximum Gasteiger partial charge on any atom is 0.307 e. The second kappa shape index (κ2) is 8.80. The van der Waals surface area contributed by atoms with Crippen molar-refractivity contribution in [3.05, 3.63) is 88.7 Å². The number of hydrogen-bond acceptors (Lipinski definition) is 4. The number of carboxylic acids is 1. The van der Waals surface area contributed by atoms with Gasteiger partial charge in [0.15, 0.2) is 0 Å². The van der Waals surface area contributed by atoms with Gasteiger partial charge in [0.1, 0.15) is 29.6 Å². The summed E-state index contributed by atoms with van der Waals surface area (Å²) < 4.78 is 40.5. The summed E-state index contributed by atoms with van der Waals surface area (Å²) in [6.07, 6.45) is 1.15. The largest absolute Gasteiger partial charge is 0.488 e. The highest BCUT2D eigenvalue weighted by Crippen LogP contribution is 2.36. The molecule has 164 valence electrons. The minimum atomic E-state index is -1.08. The lowest BCUT2D eigenvalue weighted by Gasteiger charge is -2.14. The number of fused-ring (bicyclic) bond motifs is 1. The Morgan fingerprint density at radius 3 is 2.69 bits per heavy atom. The summed E-state index contributed by atoms with van der Waals surface area (Å²) >= 11 is 0. The van der Waals surface area contributed by atoms with Gasteiger partial charge in [-0.3, -0.25) is 4.79 Å². The molecule has 0 saturated carbocycles. The number of aliphatic carboxylic acids is 1. The number of furan rings is 1. The van der Waals surface area contributed by atoms with Gasteiger partial charge < -0.3 is 20.0 Å². The number of nitrogens with two attached hydrogens (primary N) is 1. The molecule has 0 aliphatic heterocycles. The van der Waals surface area contributed by atoms with Crippen LogP contribution in [0.15, 0.2) is 59.2 Å². The molecule has 0 unspecified atom stereocenters. The van der Waals surface area contributed by atoms with E-state index in [1.165, 1.54) is 12.3 Å². The van der Waals surface area contributed by atoms with E-state index in [0.29, 0.717) is 34.2 Å². The molecular weight excluding hydrogens is 416 g/mol. The van der Waals surface area contributed by atoms with Crippen molar-refractivity contribution in [3.8, 4) is 16.9 Å². The first-order valence-corrected chi connectivity index (χ1v) is 9.99. The van der Waals surface area contributed by atoms with Crippen molar-refractivity contribution in [3.63, 3.8) is 0 Å². The Hall–Kier alpha value is -3.71. The standard InChI is InChI=1S/C25H21F2NO4/c1-14-12-32-25-20(16-4-2-3-15(7-16)11-28)8-18(24(27)23(14)25)13-31-21-10-19(26)6-5-17(21)9-22(29)30/h2-8,10,12H,9,11,13,28H2,1H3,(H,29,30). The monoisotopic (exact) mass is 437 g/mol. The molecule has 1 aromatic heterocycles. The van der Waals surface area contributed by atoms with Crippen molar-refractivity contribution in [1.82, 2.24) is 0 Å². The molecule has 0 aliphatic carbocycles. The Morgan fingerprint density at radius 2 is 1.94 bits per heavy atom. The predicted octanol–water partition coefficient (Wildman–Crippen LogP) is 5.35. The van der Waals surface area contributed by atoms with E-state index in [-0.39, 0.29) is 24.3 Å². The fourth-order valence-electron chi connectivity index (χ4n) is 3.69. The van der Waals surface area contributed by atoms with Crippen LogP contribution in [0.5, 0.6) is 5.75 Å². The molecule has 3 aromatic carbocycles. The van der Waals surface area contributed by atoms with Gasteiger partial charge in [0.05, 0.1) is 18.1 Å². The minimum absolute atomic E-state index is 0.0579. The van der Waals surface area contributed by atoms with Crippen LogP contribution in [0.25, 0.3) is 22.1 Å². The number of benzene rings is 3. The summed E-state index contributed by atoms with van der Waals surface area (Å²) in [6, 6.07) is 12.8. The number of halogens is 2. The number of rotatable bonds is 7. The third-order valence-electron chi connectivity index (χ3n) is 5.27. The average Bonchev–Trinajstić information content (AvgIpc) is 3.16. The van der Waals surface area contributed by atoms with E-state index in [1.807, 2.05) is 24.3 Å². The third-order valence-corrected chi connectivity index (χ3v) is 5.27. The van der Waals surface area contributed by atoms with Crippen molar-refractivity contribution in [2.45, 2.75) is 26.5 Å². The summed E-state index contributed by atoms with van der Waals surface area (Å²) in [6.45, 7) is 1.89. The van der Waals surface area contributed by atoms with Crippen molar-refractivity contribution in [1.29, 1.82) is 0 Å². The van der Waals surface area contributed by atoms with Crippen LogP contribution in [0.2, 0.25) is 0 Å². The second-order valence-corrected chi connectivity index (χ2v) is 7.54. The maximum absolute atomic E-state index is 15.4. The summed E-state index contributed by atoms with van der Waals surface area (Å²) in [5.41, 5.74) is 9.75. The first-order chi connectivity index (χ1) is 15.4. The lowest BCUT2D eigenvalue weighted by Crippen LogP contribution is -2.06. The molecule has 1 heterocycles. The number of carbonyl (C=O) groups is 1. The van der Waals surface area contributed by atoms with Crippen LogP contribution in [0, 0.1) is 18.6 Å². The molecule has 0 radical (unpaired) electrons. The molecule has 0 fully saturated rings. The van der Waals surface area contributed by atoms with Gasteiger partial charge in [0.25, 0.3) is 0 Å². The Kier molecular flexibility index (Phi) is 5.92. The van der Waals surface area contributed by atoms with E-state index in [9.17, 15) is 9.18 Å². The van der Waals surface area contributed by atoms with E-state index in [2.05, 4.69) is 0 Å². The molecule has 0 spiro atoms. The molecule has 0 aliphatic rings. The van der Waals surface area contributed by atoms with Crippen LogP contribution in [0.3, 0.4) is 0 Å². The fourth-order valence-corrected chi connectivity index (χ4v) is 3.69. The first-order valence-electron chi connectivity index (χ1n) is 9.99. The van der Waals surface area contributed by atoms with Crippen LogP contribution < -0.4 is 10.5 Å². The van der Waals surface area contributed by atoms with E-state index in [4.69, 9.17) is 20.0 Å². The highest BCUT2D eigenvalue weighted by molar-refractivity contribution is 5.95. The van der Waals surface area contributed by atoms with Gasteiger partial charge in [-0.15, -0.1) is 0 Å². The Labute approximate surface area is 183 Å². The SMILES string of the molecule is Cc1coc2c(-c3cccc(CN)c3)cc(COc3cc(F)ccc3CC(=O)O)c(F)c12. The van der Waals surface area contributed by atoms with Gasteiger partial charge in [-0.05, 0) is 41.8 Å². The summed E-state index contributed by atoms with van der Waals surface area (Å²) in [4.78, 5) is 11.1. The zero-order valence-electron chi connectivity index (χ0n) is 17.3. The van der Waals surface area contributed by atoms with Crippen molar-refractivity contribution < 1.29 is 27.8 Å². The molecular formula is C25H21F2NO4. The quantitative estimate of drug-likeness (QED) is 0.407. The average molecular weight is 437 g/mol. The van der Waals surface area contributed by atoms with Crippen LogP contribution in [0.1, 0.15) is 22.3 Å². The summed E-state index contributed by atoms with van der Waals surface area (Å²) in [5.74, 6) is -2.09. The molecule has 4 aromatic rings. The van der Waals surface area contributed by atoms with Crippen molar-refractivity contribution >= 4 is 16.9 Å². The van der Waals surface area contributed by atoms with Gasteiger partial charge >= 0.3 is 5.97 Å². The number of hydrogen-bond donors (Lipinski definition) is 2. The Bertz CT molecular complexity index is 1310. The molecule has 0 bridgehead atoms. The van der Waals surface area contributed by atoms with Gasteiger partial charge in [-0.1, -0.05) is 24.3 Å². The summed E-state index contributed by atoms with van der Waals surface area (Å²) in [5, 5.41) is 9.43. The highest BCUT2D eigenvalue weighted by Gasteiger charge is 2.19. The van der Waals surface area contributed by atoms with E-state index >= 15 is 4.39 Å². The van der Waals surface area contributed by atoms with Crippen molar-refractivity contribution in [2.24, 2.45) is 5.73 Å². The van der Waals surface area contributed by atoms with Crippen LogP contribution >= 0.6 is 0 Å². The molecule has 5 nitrogen and oxygen atoms in total. The predicted molar refractivity (Wildman–Crippen MR) is 116 cm³/mol. The number of carboxylic acid groups (broad SMARTS) is 1. The fraction of sp³-hybridized carbons (Fsp3) is 0.160. The molecule has 32 heavy (non-hydrogen) atoms. The lowest BCUT2D eigenvalue weighted by atomic mass is 9.97. The van der Waals surface area contributed by atoms with Crippen molar-refractivity contribution in [2.75, 3.05) is 0 Å². The number of ether oxygens (including phenoxy) is 1. The molecule has 0 atom stereocenters. The molecule has 7 heteroatoms. The highest BCUT2D eigenvalue weighted by atomic mass is 19.1. The van der Waals surface area contributed by atoms with E-state index < -0.39 is 17.6 Å². The minimum Gasteiger partial charge on any atom is -0.488 e. The molecule has 0 amide bonds. The normalized spacial score (nSPS) is 11.1. The molecule has 4 rings (SSSR count). The van der Waals surface area contributed by atoms with Gasteiger partial charge in [-0.2, -0.15) is 0 Å².